The molecule has 1 aromatic heterocycles. The molecule has 0 spiro atoms. The summed E-state index contributed by atoms with van der Waals surface area (Å²) in [5.74, 6) is -0.531. The van der Waals surface area contributed by atoms with Crippen LogP contribution in [0.4, 0.5) is 5.13 Å². The van der Waals surface area contributed by atoms with E-state index in [9.17, 15) is 9.59 Å². The number of thiazole rings is 1. The van der Waals surface area contributed by atoms with E-state index in [0.717, 1.165) is 25.3 Å². The number of rotatable bonds is 7. The second-order valence-corrected chi connectivity index (χ2v) is 8.04. The highest BCUT2D eigenvalue weighted by atomic mass is 32.1. The van der Waals surface area contributed by atoms with Gasteiger partial charge in [0.2, 0.25) is 5.91 Å². The number of aromatic nitrogens is 1. The van der Waals surface area contributed by atoms with Crippen LogP contribution in [0.15, 0.2) is 35.7 Å². The van der Waals surface area contributed by atoms with Gasteiger partial charge in [-0.1, -0.05) is 32.0 Å². The van der Waals surface area contributed by atoms with Gasteiger partial charge in [-0.25, -0.2) is 4.98 Å². The van der Waals surface area contributed by atoms with Gasteiger partial charge in [0.1, 0.15) is 6.04 Å². The summed E-state index contributed by atoms with van der Waals surface area (Å²) >= 11 is 1.42. The molecule has 7 heteroatoms. The molecule has 6 nitrogen and oxygen atoms in total. The second-order valence-electron chi connectivity index (χ2n) is 7.18. The SMILES string of the molecule is CC(C)C(NC(=O)c1ccccc1)C(=O)Nc1nc(CN2CCCC2)cs1. The van der Waals surface area contributed by atoms with Crippen molar-refractivity contribution in [1.82, 2.24) is 15.2 Å². The summed E-state index contributed by atoms with van der Waals surface area (Å²) in [6.07, 6.45) is 2.48. The van der Waals surface area contributed by atoms with Crippen LogP contribution in [0.5, 0.6) is 0 Å². The fourth-order valence-corrected chi connectivity index (χ4v) is 3.84. The third-order valence-corrected chi connectivity index (χ3v) is 5.44. The van der Waals surface area contributed by atoms with Gasteiger partial charge >= 0.3 is 0 Å². The summed E-state index contributed by atoms with van der Waals surface area (Å²) < 4.78 is 0. The number of carbonyl (C=O) groups is 2. The van der Waals surface area contributed by atoms with E-state index in [0.29, 0.717) is 10.7 Å². The Morgan fingerprint density at radius 3 is 2.56 bits per heavy atom. The molecule has 0 bridgehead atoms. The average Bonchev–Trinajstić information content (AvgIpc) is 3.32. The van der Waals surface area contributed by atoms with E-state index < -0.39 is 6.04 Å². The third kappa shape index (κ3) is 5.37. The number of hydrogen-bond donors (Lipinski definition) is 2. The highest BCUT2D eigenvalue weighted by Crippen LogP contribution is 2.19. The minimum atomic E-state index is -0.622. The minimum absolute atomic E-state index is 0.0401. The fraction of sp³-hybridized carbons (Fsp3) is 0.450. The van der Waals surface area contributed by atoms with Gasteiger partial charge in [-0.2, -0.15) is 0 Å². The van der Waals surface area contributed by atoms with Gasteiger partial charge in [0.05, 0.1) is 5.69 Å². The molecule has 0 saturated carbocycles. The zero-order valence-corrected chi connectivity index (χ0v) is 16.6. The van der Waals surface area contributed by atoms with Gasteiger partial charge in [0, 0.05) is 17.5 Å². The maximum Gasteiger partial charge on any atom is 0.251 e. The van der Waals surface area contributed by atoms with Crippen molar-refractivity contribution < 1.29 is 9.59 Å². The number of amides is 2. The predicted molar refractivity (Wildman–Crippen MR) is 108 cm³/mol. The number of likely N-dealkylation sites (tertiary alicyclic amines) is 1. The quantitative estimate of drug-likeness (QED) is 0.767. The molecule has 0 aliphatic carbocycles. The Labute approximate surface area is 164 Å². The van der Waals surface area contributed by atoms with Crippen LogP contribution in [-0.4, -0.2) is 40.8 Å². The molecule has 144 valence electrons. The lowest BCUT2D eigenvalue weighted by Gasteiger charge is -2.21. The number of anilines is 1. The number of nitrogens with zero attached hydrogens (tertiary/aromatic N) is 2. The molecule has 2 aromatic rings. The molecular formula is C20H26N4O2S. The van der Waals surface area contributed by atoms with Crippen LogP contribution in [0.1, 0.15) is 42.7 Å². The average molecular weight is 387 g/mol. The van der Waals surface area contributed by atoms with Gasteiger partial charge < -0.3 is 10.6 Å². The van der Waals surface area contributed by atoms with Crippen molar-refractivity contribution in [3.63, 3.8) is 0 Å². The van der Waals surface area contributed by atoms with E-state index in [-0.39, 0.29) is 17.7 Å². The largest absolute Gasteiger partial charge is 0.340 e. The van der Waals surface area contributed by atoms with Crippen LogP contribution in [0.25, 0.3) is 0 Å². The zero-order valence-electron chi connectivity index (χ0n) is 15.8. The number of carbonyl (C=O) groups excluding carboxylic acids is 2. The highest BCUT2D eigenvalue weighted by molar-refractivity contribution is 7.13. The Morgan fingerprint density at radius 2 is 1.89 bits per heavy atom. The van der Waals surface area contributed by atoms with Gasteiger partial charge in [-0.15, -0.1) is 11.3 Å². The first-order valence-electron chi connectivity index (χ1n) is 9.36. The second kappa shape index (κ2) is 9.10. The normalized spacial score (nSPS) is 15.7. The van der Waals surface area contributed by atoms with Crippen molar-refractivity contribution in [1.29, 1.82) is 0 Å². The van der Waals surface area contributed by atoms with Gasteiger partial charge in [-0.3, -0.25) is 14.5 Å². The molecule has 1 aliphatic rings. The summed E-state index contributed by atoms with van der Waals surface area (Å²) in [5, 5.41) is 8.26. The summed E-state index contributed by atoms with van der Waals surface area (Å²) in [4.78, 5) is 32.0. The van der Waals surface area contributed by atoms with E-state index in [2.05, 4.69) is 20.5 Å². The van der Waals surface area contributed by atoms with Crippen molar-refractivity contribution in [3.8, 4) is 0 Å². The Kier molecular flexibility index (Phi) is 6.58. The lowest BCUT2D eigenvalue weighted by molar-refractivity contribution is -0.118. The van der Waals surface area contributed by atoms with Gasteiger partial charge in [0.25, 0.3) is 5.91 Å². The first-order chi connectivity index (χ1) is 13.0. The molecule has 2 amide bonds. The van der Waals surface area contributed by atoms with Crippen molar-refractivity contribution in [2.24, 2.45) is 5.92 Å². The van der Waals surface area contributed by atoms with E-state index in [1.165, 1.54) is 24.2 Å². The summed E-state index contributed by atoms with van der Waals surface area (Å²) in [6.45, 7) is 6.87. The number of nitrogens with one attached hydrogen (secondary N) is 2. The molecule has 3 rings (SSSR count). The maximum atomic E-state index is 12.7. The molecule has 2 heterocycles. The molecular weight excluding hydrogens is 360 g/mol. The van der Waals surface area contributed by atoms with Crippen molar-refractivity contribution in [2.75, 3.05) is 18.4 Å². The number of benzene rings is 1. The Hall–Kier alpha value is -2.25. The lowest BCUT2D eigenvalue weighted by Crippen LogP contribution is -2.47. The minimum Gasteiger partial charge on any atom is -0.340 e. The molecule has 1 fully saturated rings. The Morgan fingerprint density at radius 1 is 1.19 bits per heavy atom. The van der Waals surface area contributed by atoms with E-state index >= 15 is 0 Å². The lowest BCUT2D eigenvalue weighted by atomic mass is 10.0. The van der Waals surface area contributed by atoms with Crippen LogP contribution in [0, 0.1) is 5.92 Å². The van der Waals surface area contributed by atoms with E-state index in [1.807, 2.05) is 25.3 Å². The Balaban J connectivity index is 1.60. The Bertz CT molecular complexity index is 769. The zero-order chi connectivity index (χ0) is 19.2. The summed E-state index contributed by atoms with van der Waals surface area (Å²) in [5.41, 5.74) is 1.52. The first-order valence-corrected chi connectivity index (χ1v) is 10.2. The topological polar surface area (TPSA) is 74.3 Å². The fourth-order valence-electron chi connectivity index (χ4n) is 3.14. The van der Waals surface area contributed by atoms with Crippen LogP contribution in [0.2, 0.25) is 0 Å². The van der Waals surface area contributed by atoms with Crippen molar-refractivity contribution >= 4 is 28.3 Å². The molecule has 2 N–H and O–H groups in total. The summed E-state index contributed by atoms with van der Waals surface area (Å²) in [6, 6.07) is 8.30. The monoisotopic (exact) mass is 386 g/mol. The summed E-state index contributed by atoms with van der Waals surface area (Å²) in [7, 11) is 0. The molecule has 27 heavy (non-hydrogen) atoms. The first kappa shape index (κ1) is 19.5. The van der Waals surface area contributed by atoms with Crippen LogP contribution < -0.4 is 10.6 Å². The molecule has 1 saturated heterocycles. The van der Waals surface area contributed by atoms with Gasteiger partial charge in [0.15, 0.2) is 5.13 Å². The number of hydrogen-bond acceptors (Lipinski definition) is 5. The third-order valence-electron chi connectivity index (χ3n) is 4.64. The van der Waals surface area contributed by atoms with Crippen LogP contribution >= 0.6 is 11.3 Å². The van der Waals surface area contributed by atoms with Gasteiger partial charge in [-0.05, 0) is 44.0 Å². The molecule has 1 aromatic carbocycles. The molecule has 1 unspecified atom stereocenters. The molecule has 0 radical (unpaired) electrons. The molecule has 1 aliphatic heterocycles. The van der Waals surface area contributed by atoms with Crippen LogP contribution in [-0.2, 0) is 11.3 Å². The standard InChI is InChI=1S/C20H26N4O2S/c1-14(2)17(22-18(25)15-8-4-3-5-9-15)19(26)23-20-21-16(13-27-20)12-24-10-6-7-11-24/h3-5,8-9,13-14,17H,6-7,10-12H2,1-2H3,(H,22,25)(H,21,23,26). The van der Waals surface area contributed by atoms with Crippen molar-refractivity contribution in [2.45, 2.75) is 39.3 Å². The highest BCUT2D eigenvalue weighted by Gasteiger charge is 2.25. The predicted octanol–water partition coefficient (Wildman–Crippen LogP) is 3.13. The van der Waals surface area contributed by atoms with E-state index in [4.69, 9.17) is 0 Å². The van der Waals surface area contributed by atoms with Crippen molar-refractivity contribution in [3.05, 3.63) is 47.0 Å². The molecule has 1 atom stereocenters. The van der Waals surface area contributed by atoms with Crippen LogP contribution in [0.3, 0.4) is 0 Å². The smallest absolute Gasteiger partial charge is 0.251 e. The van der Waals surface area contributed by atoms with E-state index in [1.54, 1.807) is 24.3 Å². The maximum absolute atomic E-state index is 12.7.